The highest BCUT2D eigenvalue weighted by Gasteiger charge is 2.44. The normalized spacial score (nSPS) is 13.7. The Morgan fingerprint density at radius 1 is 0.481 bits per heavy atom. The molecule has 0 saturated heterocycles. The molecular formula is C50H41BN2O. The van der Waals surface area contributed by atoms with Crippen molar-refractivity contribution >= 4 is 78.6 Å². The quantitative estimate of drug-likeness (QED) is 0.168. The van der Waals surface area contributed by atoms with Crippen molar-refractivity contribution < 1.29 is 4.42 Å². The molecule has 2 aliphatic heterocycles. The molecule has 2 aliphatic rings. The summed E-state index contributed by atoms with van der Waals surface area (Å²) in [6.07, 6.45) is 0. The van der Waals surface area contributed by atoms with Crippen LogP contribution in [0.15, 0.2) is 144 Å². The van der Waals surface area contributed by atoms with Crippen LogP contribution in [0.5, 0.6) is 0 Å². The van der Waals surface area contributed by atoms with Crippen molar-refractivity contribution in [2.75, 3.05) is 4.90 Å². The number of para-hydroxylation sites is 3. The largest absolute Gasteiger partial charge is 0.456 e. The van der Waals surface area contributed by atoms with Crippen LogP contribution in [0.1, 0.15) is 52.7 Å². The average Bonchev–Trinajstić information content (AvgIpc) is 3.71. The van der Waals surface area contributed by atoms with E-state index in [0.717, 1.165) is 21.9 Å². The first-order chi connectivity index (χ1) is 26.1. The molecule has 54 heavy (non-hydrogen) atoms. The van der Waals surface area contributed by atoms with E-state index >= 15 is 0 Å². The summed E-state index contributed by atoms with van der Waals surface area (Å²) >= 11 is 0. The molecular weight excluding hydrogens is 655 g/mol. The van der Waals surface area contributed by atoms with Crippen LogP contribution in [-0.2, 0) is 10.8 Å². The third kappa shape index (κ3) is 4.31. The third-order valence-electron chi connectivity index (χ3n) is 12.1. The van der Waals surface area contributed by atoms with Gasteiger partial charge in [-0.2, -0.15) is 0 Å². The molecule has 0 N–H and O–H groups in total. The predicted molar refractivity (Wildman–Crippen MR) is 230 cm³/mol. The lowest BCUT2D eigenvalue weighted by molar-refractivity contribution is 0.590. The molecule has 0 amide bonds. The van der Waals surface area contributed by atoms with E-state index in [2.05, 4.69) is 190 Å². The summed E-state index contributed by atoms with van der Waals surface area (Å²) in [5, 5.41) is 4.86. The highest BCUT2D eigenvalue weighted by Crippen LogP contribution is 2.50. The Morgan fingerprint density at radius 3 is 1.98 bits per heavy atom. The lowest BCUT2D eigenvalue weighted by atomic mass is 9.44. The van der Waals surface area contributed by atoms with Crippen molar-refractivity contribution in [2.24, 2.45) is 0 Å². The smallest absolute Gasteiger partial charge is 0.333 e. The molecule has 0 radical (unpaired) electrons. The van der Waals surface area contributed by atoms with E-state index in [-0.39, 0.29) is 17.7 Å². The Balaban J connectivity index is 1.34. The van der Waals surface area contributed by atoms with Gasteiger partial charge in [0.1, 0.15) is 11.2 Å². The summed E-state index contributed by atoms with van der Waals surface area (Å²) in [7, 11) is 0. The first kappa shape index (κ1) is 31.5. The molecule has 0 saturated carbocycles. The molecule has 0 unspecified atom stereocenters. The maximum absolute atomic E-state index is 6.68. The van der Waals surface area contributed by atoms with Crippen molar-refractivity contribution in [3.8, 4) is 22.3 Å². The Bertz CT molecular complexity index is 3020. The second-order valence-corrected chi connectivity index (χ2v) is 17.4. The lowest BCUT2D eigenvalue weighted by Gasteiger charge is -2.42. The van der Waals surface area contributed by atoms with Gasteiger partial charge in [0.05, 0.1) is 5.69 Å². The topological polar surface area (TPSA) is 21.3 Å². The minimum Gasteiger partial charge on any atom is -0.456 e. The summed E-state index contributed by atoms with van der Waals surface area (Å²) in [5.41, 5.74) is 18.2. The van der Waals surface area contributed by atoms with Gasteiger partial charge in [0.15, 0.2) is 0 Å². The van der Waals surface area contributed by atoms with Gasteiger partial charge in [-0.15, -0.1) is 0 Å². The van der Waals surface area contributed by atoms with Crippen LogP contribution < -0.4 is 15.8 Å². The van der Waals surface area contributed by atoms with Gasteiger partial charge in [-0.3, -0.25) is 0 Å². The zero-order chi connectivity index (χ0) is 36.7. The molecule has 2 aromatic heterocycles. The van der Waals surface area contributed by atoms with Crippen molar-refractivity contribution in [1.29, 1.82) is 0 Å². The van der Waals surface area contributed by atoms with E-state index in [0.29, 0.717) is 0 Å². The molecule has 7 aromatic carbocycles. The summed E-state index contributed by atoms with van der Waals surface area (Å²) < 4.78 is 9.32. The molecule has 0 atom stereocenters. The fourth-order valence-corrected chi connectivity index (χ4v) is 9.35. The van der Waals surface area contributed by atoms with Gasteiger partial charge < -0.3 is 13.8 Å². The fourth-order valence-electron chi connectivity index (χ4n) is 9.35. The van der Waals surface area contributed by atoms with Gasteiger partial charge in [0.25, 0.3) is 0 Å². The molecule has 4 heterocycles. The van der Waals surface area contributed by atoms with E-state index < -0.39 is 0 Å². The highest BCUT2D eigenvalue weighted by atomic mass is 16.3. The summed E-state index contributed by atoms with van der Waals surface area (Å²) in [6, 6.07) is 52.2. The van der Waals surface area contributed by atoms with Crippen molar-refractivity contribution in [1.82, 2.24) is 4.48 Å². The van der Waals surface area contributed by atoms with Crippen molar-refractivity contribution in [3.63, 3.8) is 0 Å². The van der Waals surface area contributed by atoms with Gasteiger partial charge in [0, 0.05) is 55.1 Å². The first-order valence-electron chi connectivity index (χ1n) is 19.2. The van der Waals surface area contributed by atoms with E-state index in [1.807, 2.05) is 0 Å². The van der Waals surface area contributed by atoms with E-state index in [9.17, 15) is 0 Å². The number of nitrogens with zero attached hydrogens (tertiary/aromatic N) is 2. The van der Waals surface area contributed by atoms with Crippen LogP contribution in [0.3, 0.4) is 0 Å². The van der Waals surface area contributed by atoms with E-state index in [1.54, 1.807) is 0 Å². The Kier molecular flexibility index (Phi) is 6.30. The molecule has 0 aliphatic carbocycles. The predicted octanol–water partition coefficient (Wildman–Crippen LogP) is 12.4. The number of fused-ring (bicyclic) bond motifs is 10. The molecule has 3 nitrogen and oxygen atoms in total. The number of hydrogen-bond donors (Lipinski definition) is 0. The van der Waals surface area contributed by atoms with Gasteiger partial charge in [-0.1, -0.05) is 139 Å². The zero-order valence-corrected chi connectivity index (χ0v) is 31.7. The maximum atomic E-state index is 6.68. The monoisotopic (exact) mass is 696 g/mol. The minimum absolute atomic E-state index is 0.00922. The summed E-state index contributed by atoms with van der Waals surface area (Å²) in [5.74, 6) is 0. The first-order valence-corrected chi connectivity index (χ1v) is 19.2. The summed E-state index contributed by atoms with van der Waals surface area (Å²) in [6.45, 7) is 13.9. The summed E-state index contributed by atoms with van der Waals surface area (Å²) in [4.78, 5) is 2.59. The van der Waals surface area contributed by atoms with Crippen LogP contribution in [-0.4, -0.2) is 11.3 Å². The van der Waals surface area contributed by atoms with Crippen LogP contribution in [0.4, 0.5) is 17.1 Å². The molecule has 260 valence electrons. The number of rotatable bonds is 2. The van der Waals surface area contributed by atoms with Crippen molar-refractivity contribution in [2.45, 2.75) is 52.4 Å². The second-order valence-electron chi connectivity index (χ2n) is 17.4. The van der Waals surface area contributed by atoms with Gasteiger partial charge >= 0.3 is 6.85 Å². The Hall–Kier alpha value is -6.00. The average molecular weight is 697 g/mol. The third-order valence-corrected chi connectivity index (χ3v) is 12.1. The molecule has 0 bridgehead atoms. The van der Waals surface area contributed by atoms with Crippen LogP contribution in [0.2, 0.25) is 0 Å². The lowest BCUT2D eigenvalue weighted by Crippen LogP contribution is -2.56. The van der Waals surface area contributed by atoms with Gasteiger partial charge in [-0.05, 0) is 86.5 Å². The highest BCUT2D eigenvalue weighted by molar-refractivity contribution is 6.90. The van der Waals surface area contributed by atoms with Crippen LogP contribution >= 0.6 is 0 Å². The molecule has 0 spiro atoms. The second kappa shape index (κ2) is 10.8. The molecule has 11 rings (SSSR count). The number of furan rings is 1. The Morgan fingerprint density at radius 2 is 1.19 bits per heavy atom. The zero-order valence-electron chi connectivity index (χ0n) is 31.7. The minimum atomic E-state index is -0.0753. The number of hydrogen-bond acceptors (Lipinski definition) is 2. The molecule has 4 heteroatoms. The SMILES string of the molecule is CC(C)(C)c1ccc(N2c3cc4c(cc3B3c5c(cc(C(C)(C)C)cc52)-c2cccc5c6ccccc6n3c25)oc2ccccc24)c(-c2ccccc2)c1. The molecule has 0 fully saturated rings. The van der Waals surface area contributed by atoms with Crippen molar-refractivity contribution in [3.05, 3.63) is 151 Å². The van der Waals surface area contributed by atoms with Crippen LogP contribution in [0, 0.1) is 0 Å². The molecule has 9 aromatic rings. The number of anilines is 3. The standard InChI is InChI=1S/C50H41BN2O/c1-49(2,3)31-23-24-41(37(25-31)30-15-8-7-9-16-30)52-43-28-38-34-18-11-13-22-45(34)54-46(38)29-40(43)51-47-39(26-32(27-44(47)52)50(4,5)6)36-20-14-19-35-33-17-10-12-21-42(33)53(51)48(35)36/h7-29H,1-6H3. The fraction of sp³-hybridized carbons (Fsp3) is 0.160. The van der Waals surface area contributed by atoms with Gasteiger partial charge in [-0.25, -0.2) is 0 Å². The Labute approximate surface area is 316 Å². The van der Waals surface area contributed by atoms with E-state index in [1.165, 1.54) is 83.2 Å². The van der Waals surface area contributed by atoms with E-state index in [4.69, 9.17) is 4.42 Å². The number of benzene rings is 7. The van der Waals surface area contributed by atoms with Gasteiger partial charge in [0.2, 0.25) is 0 Å². The van der Waals surface area contributed by atoms with Crippen LogP contribution in [0.25, 0.3) is 66.0 Å². The number of aromatic nitrogens is 1. The maximum Gasteiger partial charge on any atom is 0.333 e.